The molecule has 0 spiro atoms. The molecule has 11 heteroatoms. The quantitative estimate of drug-likeness (QED) is 0.580. The molecule has 2 atom stereocenters. The molecule has 144 valence electrons. The van der Waals surface area contributed by atoms with Gasteiger partial charge in [0, 0.05) is 16.2 Å². The van der Waals surface area contributed by atoms with Crippen LogP contribution in [0.25, 0.3) is 0 Å². The maximum atomic E-state index is 12.7. The van der Waals surface area contributed by atoms with Crippen molar-refractivity contribution in [3.63, 3.8) is 0 Å². The third-order valence-corrected chi connectivity index (χ3v) is 6.68. The summed E-state index contributed by atoms with van der Waals surface area (Å²) in [6.07, 6.45) is -0.878. The number of nitrogens with one attached hydrogen (secondary N) is 1. The van der Waals surface area contributed by atoms with Gasteiger partial charge in [-0.1, -0.05) is 6.07 Å². The Morgan fingerprint density at radius 2 is 2.22 bits per heavy atom. The molecule has 0 bridgehead atoms. The fourth-order valence-electron chi connectivity index (χ4n) is 3.08. The highest BCUT2D eigenvalue weighted by Crippen LogP contribution is 2.46. The summed E-state index contributed by atoms with van der Waals surface area (Å²) >= 11 is 2.73. The lowest BCUT2D eigenvalue weighted by Crippen LogP contribution is -2.78. The van der Waals surface area contributed by atoms with E-state index in [0.717, 1.165) is 9.78 Å². The van der Waals surface area contributed by atoms with Crippen molar-refractivity contribution >= 4 is 47.0 Å². The number of thiophene rings is 1. The highest BCUT2D eigenvalue weighted by Gasteiger charge is 2.62. The minimum absolute atomic E-state index is 0.150. The molecule has 3 rings (SSSR count). The highest BCUT2D eigenvalue weighted by molar-refractivity contribution is 8.00. The predicted octanol–water partition coefficient (Wildman–Crippen LogP) is 0.515. The molecule has 0 radical (unpaired) electrons. The standard InChI is InChI=1S/C16H17N3O6S2/c1-16(18-10(20)5-9-3-2-4-26-9)13(23)19-11(12(21)22)8(6-25-15(17)24)7-27-14(16)19/h2-4,14H,5-7H2,1H3,(H2,17,24)(H,18,20)(H,21,22)/t14-,16-/m1/s1. The summed E-state index contributed by atoms with van der Waals surface area (Å²) in [7, 11) is 0. The van der Waals surface area contributed by atoms with Crippen molar-refractivity contribution < 1.29 is 29.0 Å². The SMILES string of the molecule is C[C@@]1(NC(=O)Cc2cccs2)C(=O)N2C(C(=O)O)=C(COC(N)=O)CS[C@@H]21. The number of carbonyl (C=O) groups excluding carboxylic acids is 3. The molecule has 0 unspecified atom stereocenters. The summed E-state index contributed by atoms with van der Waals surface area (Å²) in [5.41, 5.74) is 3.78. The van der Waals surface area contributed by atoms with Gasteiger partial charge in [-0.25, -0.2) is 9.59 Å². The van der Waals surface area contributed by atoms with Gasteiger partial charge in [-0.2, -0.15) is 0 Å². The van der Waals surface area contributed by atoms with Gasteiger partial charge < -0.3 is 20.9 Å². The summed E-state index contributed by atoms with van der Waals surface area (Å²) in [6, 6.07) is 3.66. The van der Waals surface area contributed by atoms with E-state index in [1.165, 1.54) is 23.1 Å². The van der Waals surface area contributed by atoms with Crippen molar-refractivity contribution in [3.8, 4) is 0 Å². The van der Waals surface area contributed by atoms with Gasteiger partial charge in [0.05, 0.1) is 6.42 Å². The second-order valence-corrected chi connectivity index (χ2v) is 8.31. The Labute approximate surface area is 162 Å². The van der Waals surface area contributed by atoms with Crippen molar-refractivity contribution in [1.29, 1.82) is 0 Å². The Bertz CT molecular complexity index is 837. The number of ether oxygens (including phenoxy) is 1. The number of carboxylic acid groups (broad SMARTS) is 1. The predicted molar refractivity (Wildman–Crippen MR) is 97.9 cm³/mol. The van der Waals surface area contributed by atoms with Gasteiger partial charge in [0.25, 0.3) is 5.91 Å². The monoisotopic (exact) mass is 411 g/mol. The largest absolute Gasteiger partial charge is 0.477 e. The second-order valence-electron chi connectivity index (χ2n) is 6.21. The Kier molecular flexibility index (Phi) is 5.16. The summed E-state index contributed by atoms with van der Waals surface area (Å²) in [5, 5.41) is 13.6. The first-order chi connectivity index (χ1) is 12.7. The first-order valence-corrected chi connectivity index (χ1v) is 9.83. The summed E-state index contributed by atoms with van der Waals surface area (Å²) in [5.74, 6) is -1.89. The maximum absolute atomic E-state index is 12.7. The third kappa shape index (κ3) is 3.52. The molecule has 4 N–H and O–H groups in total. The Balaban J connectivity index is 1.76. The van der Waals surface area contributed by atoms with E-state index in [1.54, 1.807) is 6.92 Å². The van der Waals surface area contributed by atoms with Crippen LogP contribution in [0.15, 0.2) is 28.8 Å². The molecule has 1 aromatic rings. The zero-order chi connectivity index (χ0) is 19.8. The fourth-order valence-corrected chi connectivity index (χ4v) is 5.20. The molecule has 3 amide bonds. The average Bonchev–Trinajstić information content (AvgIpc) is 3.11. The number of rotatable bonds is 6. The van der Waals surface area contributed by atoms with Crippen LogP contribution < -0.4 is 11.1 Å². The van der Waals surface area contributed by atoms with Crippen LogP contribution in [0.4, 0.5) is 4.79 Å². The van der Waals surface area contributed by atoms with Gasteiger partial charge >= 0.3 is 12.1 Å². The van der Waals surface area contributed by atoms with Crippen LogP contribution in [0.3, 0.4) is 0 Å². The number of primary amides is 1. The first kappa shape index (κ1) is 19.2. The normalized spacial score (nSPS) is 24.1. The van der Waals surface area contributed by atoms with Crippen molar-refractivity contribution in [1.82, 2.24) is 10.2 Å². The van der Waals surface area contributed by atoms with Crippen molar-refractivity contribution in [2.24, 2.45) is 5.73 Å². The van der Waals surface area contributed by atoms with Gasteiger partial charge in [0.1, 0.15) is 23.2 Å². The molecule has 0 aromatic carbocycles. The minimum atomic E-state index is -1.30. The number of nitrogens with two attached hydrogens (primary N) is 1. The first-order valence-electron chi connectivity index (χ1n) is 7.90. The van der Waals surface area contributed by atoms with Crippen LogP contribution in [-0.2, 0) is 25.5 Å². The molecule has 0 saturated carbocycles. The molecule has 2 aliphatic rings. The van der Waals surface area contributed by atoms with Crippen molar-refractivity contribution in [2.45, 2.75) is 24.3 Å². The average molecular weight is 411 g/mol. The molecule has 3 heterocycles. The molecule has 9 nitrogen and oxygen atoms in total. The summed E-state index contributed by atoms with van der Waals surface area (Å²) in [6.45, 7) is 1.28. The zero-order valence-electron chi connectivity index (χ0n) is 14.3. The number of amides is 3. The van der Waals surface area contributed by atoms with Gasteiger partial charge in [-0.15, -0.1) is 23.1 Å². The molecule has 1 aromatic heterocycles. The molecule has 2 aliphatic heterocycles. The Morgan fingerprint density at radius 1 is 1.48 bits per heavy atom. The van der Waals surface area contributed by atoms with E-state index in [0.29, 0.717) is 0 Å². The van der Waals surface area contributed by atoms with E-state index in [9.17, 15) is 24.3 Å². The lowest BCUT2D eigenvalue weighted by atomic mass is 9.88. The van der Waals surface area contributed by atoms with Gasteiger partial charge in [0.15, 0.2) is 0 Å². The number of fused-ring (bicyclic) bond motifs is 1. The zero-order valence-corrected chi connectivity index (χ0v) is 15.9. The number of carbonyl (C=O) groups is 4. The van der Waals surface area contributed by atoms with Crippen LogP contribution >= 0.6 is 23.1 Å². The summed E-state index contributed by atoms with van der Waals surface area (Å²) < 4.78 is 4.68. The maximum Gasteiger partial charge on any atom is 0.404 e. The van der Waals surface area contributed by atoms with Gasteiger partial charge in [0.2, 0.25) is 5.91 Å². The van der Waals surface area contributed by atoms with E-state index in [2.05, 4.69) is 10.1 Å². The lowest BCUT2D eigenvalue weighted by molar-refractivity contribution is -0.157. The molecule has 0 aliphatic carbocycles. The molecular weight excluding hydrogens is 394 g/mol. The van der Waals surface area contributed by atoms with E-state index in [1.807, 2.05) is 17.5 Å². The Morgan fingerprint density at radius 3 is 2.81 bits per heavy atom. The number of hydrogen-bond acceptors (Lipinski definition) is 7. The smallest absolute Gasteiger partial charge is 0.404 e. The van der Waals surface area contributed by atoms with Crippen LogP contribution in [-0.4, -0.2) is 57.2 Å². The number of thioether (sulfide) groups is 1. The van der Waals surface area contributed by atoms with E-state index in [-0.39, 0.29) is 36.0 Å². The van der Waals surface area contributed by atoms with Crippen LogP contribution in [0.5, 0.6) is 0 Å². The third-order valence-electron chi connectivity index (χ3n) is 4.29. The molecule has 1 fully saturated rings. The topological polar surface area (TPSA) is 139 Å². The van der Waals surface area contributed by atoms with Gasteiger partial charge in [-0.3, -0.25) is 14.5 Å². The second kappa shape index (κ2) is 7.24. The number of aliphatic carboxylic acids is 1. The number of nitrogens with zero attached hydrogens (tertiary/aromatic N) is 1. The van der Waals surface area contributed by atoms with Crippen molar-refractivity contribution in [2.75, 3.05) is 12.4 Å². The summed E-state index contributed by atoms with van der Waals surface area (Å²) in [4.78, 5) is 49.5. The lowest BCUT2D eigenvalue weighted by Gasteiger charge is -2.55. The number of hydrogen-bond donors (Lipinski definition) is 3. The van der Waals surface area contributed by atoms with E-state index >= 15 is 0 Å². The van der Waals surface area contributed by atoms with Gasteiger partial charge in [-0.05, 0) is 18.4 Å². The highest BCUT2D eigenvalue weighted by atomic mass is 32.2. The fraction of sp³-hybridized carbons (Fsp3) is 0.375. The van der Waals surface area contributed by atoms with Crippen LogP contribution in [0.1, 0.15) is 11.8 Å². The van der Waals surface area contributed by atoms with E-state index < -0.39 is 28.9 Å². The molecular formula is C16H17N3O6S2. The van der Waals surface area contributed by atoms with E-state index in [4.69, 9.17) is 5.73 Å². The number of carboxylic acids is 1. The molecule has 1 saturated heterocycles. The van der Waals surface area contributed by atoms with Crippen molar-refractivity contribution in [3.05, 3.63) is 33.7 Å². The Hall–Kier alpha value is -2.53. The minimum Gasteiger partial charge on any atom is -0.477 e. The van der Waals surface area contributed by atoms with Crippen LogP contribution in [0, 0.1) is 0 Å². The van der Waals surface area contributed by atoms with Crippen LogP contribution in [0.2, 0.25) is 0 Å². The molecule has 27 heavy (non-hydrogen) atoms. The number of β-lactam (4-membered cyclic amide) rings is 1.